The maximum atomic E-state index is 13.4. The lowest BCUT2D eigenvalue weighted by Crippen LogP contribution is -2.56. The van der Waals surface area contributed by atoms with Crippen molar-refractivity contribution in [3.05, 3.63) is 58.3 Å². The zero-order chi connectivity index (χ0) is 23.7. The molecule has 1 aliphatic rings. The van der Waals surface area contributed by atoms with Crippen LogP contribution >= 0.6 is 22.9 Å². The van der Waals surface area contributed by atoms with Gasteiger partial charge >= 0.3 is 0 Å². The van der Waals surface area contributed by atoms with E-state index in [0.29, 0.717) is 35.5 Å². The van der Waals surface area contributed by atoms with Crippen molar-refractivity contribution in [2.75, 3.05) is 18.8 Å². The van der Waals surface area contributed by atoms with Crippen molar-refractivity contribution >= 4 is 45.6 Å². The van der Waals surface area contributed by atoms with Crippen LogP contribution in [-0.2, 0) is 17.9 Å². The molecule has 0 saturated carbocycles. The molecule has 4 heterocycles. The number of hydrogen-bond donors (Lipinski definition) is 1. The molecule has 1 saturated heterocycles. The van der Waals surface area contributed by atoms with Crippen LogP contribution in [0, 0.1) is 0 Å². The summed E-state index contributed by atoms with van der Waals surface area (Å²) in [5, 5.41) is 5.06. The van der Waals surface area contributed by atoms with Gasteiger partial charge in [-0.1, -0.05) is 36.2 Å². The van der Waals surface area contributed by atoms with Crippen molar-refractivity contribution in [1.29, 1.82) is 0 Å². The lowest BCUT2D eigenvalue weighted by Gasteiger charge is -2.40. The van der Waals surface area contributed by atoms with E-state index in [2.05, 4.69) is 26.9 Å². The number of nitrogens with zero attached hydrogens (tertiary/aromatic N) is 5. The van der Waals surface area contributed by atoms with E-state index >= 15 is 0 Å². The number of nitrogens with two attached hydrogens (primary N) is 1. The molecule has 2 N–H and O–H groups in total. The summed E-state index contributed by atoms with van der Waals surface area (Å²) in [5.74, 6) is 1.30. The zero-order valence-electron chi connectivity index (χ0n) is 18.8. The van der Waals surface area contributed by atoms with Gasteiger partial charge in [-0.25, -0.2) is 9.97 Å². The van der Waals surface area contributed by atoms with Gasteiger partial charge in [-0.3, -0.25) is 9.69 Å². The van der Waals surface area contributed by atoms with Gasteiger partial charge in [-0.05, 0) is 36.2 Å². The van der Waals surface area contributed by atoms with Crippen LogP contribution in [0.4, 0.5) is 5.82 Å². The second-order valence-corrected chi connectivity index (χ2v) is 10.1. The largest absolute Gasteiger partial charge is 0.383 e. The summed E-state index contributed by atoms with van der Waals surface area (Å²) in [7, 11) is 0. The molecule has 1 atom stereocenters. The minimum Gasteiger partial charge on any atom is -0.383 e. The number of fused-ring (bicyclic) bond motifs is 1. The van der Waals surface area contributed by atoms with Crippen molar-refractivity contribution in [3.8, 4) is 10.6 Å². The number of carbonyl (C=O) groups excluding carboxylic acids is 1. The Hall–Kier alpha value is -3.01. The molecule has 176 valence electrons. The highest BCUT2D eigenvalue weighted by Crippen LogP contribution is 2.32. The Balaban J connectivity index is 1.29. The molecule has 1 aromatic carbocycles. The van der Waals surface area contributed by atoms with Gasteiger partial charge < -0.3 is 15.2 Å². The number of rotatable bonds is 7. The lowest BCUT2D eigenvalue weighted by atomic mass is 10.0. The van der Waals surface area contributed by atoms with E-state index < -0.39 is 0 Å². The SMILES string of the molecule is CCC[C@H]1C(=O)N(Cc2ccc3c(N)ncnc3c2)CCN1Cc1cc(-c2ccc(Cl)s2)on1. The Morgan fingerprint density at radius 1 is 1.18 bits per heavy atom. The van der Waals surface area contributed by atoms with Gasteiger partial charge in [-0.2, -0.15) is 0 Å². The normalized spacial score (nSPS) is 17.1. The first-order valence-corrected chi connectivity index (χ1v) is 12.4. The number of amides is 1. The summed E-state index contributed by atoms with van der Waals surface area (Å²) in [6, 6.07) is 11.4. The molecule has 0 spiro atoms. The lowest BCUT2D eigenvalue weighted by molar-refractivity contribution is -0.143. The molecular weight excluding hydrogens is 472 g/mol. The highest BCUT2D eigenvalue weighted by atomic mass is 35.5. The Morgan fingerprint density at radius 2 is 2.06 bits per heavy atom. The fourth-order valence-corrected chi connectivity index (χ4v) is 5.40. The Labute approximate surface area is 206 Å². The van der Waals surface area contributed by atoms with Crippen LogP contribution in [0.3, 0.4) is 0 Å². The maximum absolute atomic E-state index is 13.4. The molecule has 5 rings (SSSR count). The number of halogens is 1. The molecule has 0 aliphatic carbocycles. The van der Waals surface area contributed by atoms with E-state index in [4.69, 9.17) is 21.9 Å². The van der Waals surface area contributed by atoms with Crippen LogP contribution in [-0.4, -0.2) is 50.0 Å². The Bertz CT molecular complexity index is 1320. The van der Waals surface area contributed by atoms with Crippen LogP contribution in [0.15, 0.2) is 47.2 Å². The smallest absolute Gasteiger partial charge is 0.240 e. The quantitative estimate of drug-likeness (QED) is 0.399. The summed E-state index contributed by atoms with van der Waals surface area (Å²) < 4.78 is 6.24. The summed E-state index contributed by atoms with van der Waals surface area (Å²) in [4.78, 5) is 26.9. The van der Waals surface area contributed by atoms with Gasteiger partial charge in [0.15, 0.2) is 5.76 Å². The summed E-state index contributed by atoms with van der Waals surface area (Å²) in [6.07, 6.45) is 3.18. The summed E-state index contributed by atoms with van der Waals surface area (Å²) in [6.45, 7) is 4.63. The van der Waals surface area contributed by atoms with Crippen LogP contribution < -0.4 is 5.73 Å². The molecule has 8 nitrogen and oxygen atoms in total. The van der Waals surface area contributed by atoms with Crippen molar-refractivity contribution < 1.29 is 9.32 Å². The second kappa shape index (κ2) is 9.69. The molecule has 0 bridgehead atoms. The number of thiophene rings is 1. The molecule has 34 heavy (non-hydrogen) atoms. The number of benzene rings is 1. The average molecular weight is 497 g/mol. The topological polar surface area (TPSA) is 101 Å². The fourth-order valence-electron chi connectivity index (χ4n) is 4.41. The van der Waals surface area contributed by atoms with E-state index in [1.54, 1.807) is 0 Å². The number of anilines is 1. The highest BCUT2D eigenvalue weighted by Gasteiger charge is 2.34. The predicted octanol–water partition coefficient (Wildman–Crippen LogP) is 4.60. The third-order valence-corrected chi connectivity index (χ3v) is 7.35. The van der Waals surface area contributed by atoms with Gasteiger partial charge in [0, 0.05) is 37.6 Å². The van der Waals surface area contributed by atoms with Crippen LogP contribution in [0.2, 0.25) is 4.34 Å². The number of carbonyl (C=O) groups is 1. The van der Waals surface area contributed by atoms with Gasteiger partial charge in [0.1, 0.15) is 12.1 Å². The molecule has 0 unspecified atom stereocenters. The predicted molar refractivity (Wildman–Crippen MR) is 133 cm³/mol. The molecule has 10 heteroatoms. The maximum Gasteiger partial charge on any atom is 0.240 e. The van der Waals surface area contributed by atoms with Crippen molar-refractivity contribution in [1.82, 2.24) is 24.9 Å². The van der Waals surface area contributed by atoms with Crippen molar-refractivity contribution in [2.45, 2.75) is 38.9 Å². The molecule has 0 radical (unpaired) electrons. The van der Waals surface area contributed by atoms with Crippen molar-refractivity contribution in [3.63, 3.8) is 0 Å². The number of nitrogen functional groups attached to an aromatic ring is 1. The second-order valence-electron chi connectivity index (χ2n) is 8.43. The number of aromatic nitrogens is 3. The monoisotopic (exact) mass is 496 g/mol. The minimum atomic E-state index is -0.187. The molecule has 1 aliphatic heterocycles. The Morgan fingerprint density at radius 3 is 2.85 bits per heavy atom. The first kappa shape index (κ1) is 22.8. The van der Waals surface area contributed by atoms with Gasteiger partial charge in [-0.15, -0.1) is 11.3 Å². The van der Waals surface area contributed by atoms with Crippen LogP contribution in [0.5, 0.6) is 0 Å². The third kappa shape index (κ3) is 4.64. The fraction of sp³-hybridized carbons (Fsp3) is 0.333. The molecule has 4 aromatic rings. The van der Waals surface area contributed by atoms with E-state index in [1.165, 1.54) is 17.7 Å². The standard InChI is InChI=1S/C24H25ClN6O2S/c1-2-3-19-24(32)31(12-15-4-5-17-18(10-15)27-14-28-23(17)26)9-8-30(19)13-16-11-20(33-29-16)21-6-7-22(25)34-21/h4-7,10-11,14,19H,2-3,8-9,12-13H2,1H3,(H2,26,27,28)/t19-/m0/s1. The average Bonchev–Trinajstić information content (AvgIpc) is 3.47. The van der Waals surface area contributed by atoms with Gasteiger partial charge in [0.05, 0.1) is 26.5 Å². The highest BCUT2D eigenvalue weighted by molar-refractivity contribution is 7.19. The minimum absolute atomic E-state index is 0.143. The van der Waals surface area contributed by atoms with E-state index in [1.807, 2.05) is 41.3 Å². The molecule has 1 amide bonds. The van der Waals surface area contributed by atoms with Crippen LogP contribution in [0.1, 0.15) is 31.0 Å². The van der Waals surface area contributed by atoms with Crippen molar-refractivity contribution in [2.24, 2.45) is 0 Å². The van der Waals surface area contributed by atoms with Crippen LogP contribution in [0.25, 0.3) is 21.5 Å². The molecular formula is C24H25ClN6O2S. The number of piperazine rings is 1. The van der Waals surface area contributed by atoms with E-state index in [9.17, 15) is 4.79 Å². The first-order valence-electron chi connectivity index (χ1n) is 11.2. The summed E-state index contributed by atoms with van der Waals surface area (Å²) in [5.41, 5.74) is 8.57. The number of hydrogen-bond acceptors (Lipinski definition) is 8. The summed E-state index contributed by atoms with van der Waals surface area (Å²) >= 11 is 7.50. The third-order valence-electron chi connectivity index (χ3n) is 6.10. The molecule has 1 fully saturated rings. The van der Waals surface area contributed by atoms with Gasteiger partial charge in [0.25, 0.3) is 0 Å². The molecule has 3 aromatic heterocycles. The zero-order valence-corrected chi connectivity index (χ0v) is 20.3. The van der Waals surface area contributed by atoms with E-state index in [-0.39, 0.29) is 11.9 Å². The Kier molecular flexibility index (Phi) is 6.49. The van der Waals surface area contributed by atoms with E-state index in [0.717, 1.165) is 46.4 Å². The van der Waals surface area contributed by atoms with Gasteiger partial charge in [0.2, 0.25) is 5.91 Å². The first-order chi connectivity index (χ1) is 16.5.